The van der Waals surface area contributed by atoms with Crippen LogP contribution in [0.4, 0.5) is 0 Å². The van der Waals surface area contributed by atoms with Crippen molar-refractivity contribution in [3.63, 3.8) is 0 Å². The Bertz CT molecular complexity index is 456. The second kappa shape index (κ2) is 5.61. The molecule has 1 aliphatic carbocycles. The first-order chi connectivity index (χ1) is 8.99. The summed E-state index contributed by atoms with van der Waals surface area (Å²) in [7, 11) is 0. The Balaban J connectivity index is 1.65. The zero-order chi connectivity index (χ0) is 13.9. The molecular formula is C15H21NO3. The van der Waals surface area contributed by atoms with Crippen LogP contribution in [0.15, 0.2) is 24.3 Å². The number of hydrogen-bond donors (Lipinski definition) is 2. The van der Waals surface area contributed by atoms with Gasteiger partial charge in [0.15, 0.2) is 0 Å². The molecule has 4 heteroatoms. The SMILES string of the molecule is CC1(C)CC1CNCCOc1cccc(C(=O)O)c1. The van der Waals surface area contributed by atoms with Gasteiger partial charge < -0.3 is 15.2 Å². The maximum absolute atomic E-state index is 10.8. The Kier molecular flexibility index (Phi) is 4.10. The lowest BCUT2D eigenvalue weighted by atomic mass is 10.1. The molecule has 0 amide bonds. The van der Waals surface area contributed by atoms with Crippen LogP contribution in [-0.4, -0.2) is 30.8 Å². The monoisotopic (exact) mass is 263 g/mol. The van der Waals surface area contributed by atoms with Crippen molar-refractivity contribution >= 4 is 5.97 Å². The van der Waals surface area contributed by atoms with Crippen molar-refractivity contribution in [1.29, 1.82) is 0 Å². The summed E-state index contributed by atoms with van der Waals surface area (Å²) in [6.45, 7) is 6.94. The zero-order valence-electron chi connectivity index (χ0n) is 11.5. The summed E-state index contributed by atoms with van der Waals surface area (Å²) in [5, 5.41) is 12.2. The van der Waals surface area contributed by atoms with Crippen molar-refractivity contribution in [1.82, 2.24) is 5.32 Å². The Labute approximate surface area is 113 Å². The highest BCUT2D eigenvalue weighted by molar-refractivity contribution is 5.87. The molecule has 0 radical (unpaired) electrons. The zero-order valence-corrected chi connectivity index (χ0v) is 11.5. The van der Waals surface area contributed by atoms with Gasteiger partial charge in [0.05, 0.1) is 5.56 Å². The molecule has 1 saturated carbocycles. The van der Waals surface area contributed by atoms with Crippen LogP contribution in [0.5, 0.6) is 5.75 Å². The minimum Gasteiger partial charge on any atom is -0.492 e. The van der Waals surface area contributed by atoms with Crippen molar-refractivity contribution in [2.24, 2.45) is 11.3 Å². The van der Waals surface area contributed by atoms with Gasteiger partial charge in [-0.2, -0.15) is 0 Å². The molecule has 1 atom stereocenters. The van der Waals surface area contributed by atoms with Gasteiger partial charge in [0.25, 0.3) is 0 Å². The van der Waals surface area contributed by atoms with Gasteiger partial charge in [0.2, 0.25) is 0 Å². The molecule has 0 spiro atoms. The Hall–Kier alpha value is -1.55. The summed E-state index contributed by atoms with van der Waals surface area (Å²) in [5.74, 6) is 0.454. The number of carboxylic acids is 1. The van der Waals surface area contributed by atoms with E-state index in [1.165, 1.54) is 6.42 Å². The average Bonchev–Trinajstić information content (AvgIpc) is 2.97. The minimum absolute atomic E-state index is 0.255. The number of aromatic carboxylic acids is 1. The minimum atomic E-state index is -0.931. The fraction of sp³-hybridized carbons (Fsp3) is 0.533. The predicted molar refractivity (Wildman–Crippen MR) is 73.7 cm³/mol. The molecule has 1 aromatic rings. The third-order valence-electron chi connectivity index (χ3n) is 3.74. The topological polar surface area (TPSA) is 58.6 Å². The molecule has 2 N–H and O–H groups in total. The van der Waals surface area contributed by atoms with Crippen LogP contribution in [0.3, 0.4) is 0 Å². The van der Waals surface area contributed by atoms with Crippen molar-refractivity contribution in [3.05, 3.63) is 29.8 Å². The van der Waals surface area contributed by atoms with Crippen LogP contribution in [-0.2, 0) is 0 Å². The molecule has 0 heterocycles. The van der Waals surface area contributed by atoms with E-state index in [4.69, 9.17) is 9.84 Å². The van der Waals surface area contributed by atoms with Crippen LogP contribution in [0, 0.1) is 11.3 Å². The highest BCUT2D eigenvalue weighted by Crippen LogP contribution is 2.50. The number of rotatable bonds is 7. The average molecular weight is 263 g/mol. The van der Waals surface area contributed by atoms with Crippen molar-refractivity contribution in [2.45, 2.75) is 20.3 Å². The summed E-state index contributed by atoms with van der Waals surface area (Å²) in [6.07, 6.45) is 1.29. The molecule has 1 aliphatic rings. The predicted octanol–water partition coefficient (Wildman–Crippen LogP) is 2.40. The summed E-state index contributed by atoms with van der Waals surface area (Å²) in [5.41, 5.74) is 0.758. The van der Waals surface area contributed by atoms with E-state index in [1.807, 2.05) is 0 Å². The first-order valence-electron chi connectivity index (χ1n) is 6.66. The molecule has 0 aromatic heterocycles. The van der Waals surface area contributed by atoms with Gasteiger partial charge in [0, 0.05) is 6.54 Å². The third-order valence-corrected chi connectivity index (χ3v) is 3.74. The molecule has 4 nitrogen and oxygen atoms in total. The van der Waals surface area contributed by atoms with Gasteiger partial charge in [-0.15, -0.1) is 0 Å². The molecule has 19 heavy (non-hydrogen) atoms. The lowest BCUT2D eigenvalue weighted by molar-refractivity contribution is 0.0696. The fourth-order valence-corrected chi connectivity index (χ4v) is 2.16. The highest BCUT2D eigenvalue weighted by atomic mass is 16.5. The maximum Gasteiger partial charge on any atom is 0.335 e. The number of carbonyl (C=O) groups is 1. The van der Waals surface area contributed by atoms with E-state index < -0.39 is 5.97 Å². The first-order valence-corrected chi connectivity index (χ1v) is 6.66. The molecule has 2 rings (SSSR count). The largest absolute Gasteiger partial charge is 0.492 e. The van der Waals surface area contributed by atoms with Gasteiger partial charge >= 0.3 is 5.97 Å². The molecule has 0 bridgehead atoms. The van der Waals surface area contributed by atoms with E-state index in [0.29, 0.717) is 17.8 Å². The van der Waals surface area contributed by atoms with Gasteiger partial charge in [-0.1, -0.05) is 19.9 Å². The van der Waals surface area contributed by atoms with Gasteiger partial charge in [-0.3, -0.25) is 0 Å². The van der Waals surface area contributed by atoms with Crippen LogP contribution in [0.1, 0.15) is 30.6 Å². The van der Waals surface area contributed by atoms with Crippen LogP contribution in [0.2, 0.25) is 0 Å². The van der Waals surface area contributed by atoms with Crippen molar-refractivity contribution in [2.75, 3.05) is 19.7 Å². The quantitative estimate of drug-likeness (QED) is 0.742. The lowest BCUT2D eigenvalue weighted by Gasteiger charge is -2.08. The van der Waals surface area contributed by atoms with Crippen molar-refractivity contribution < 1.29 is 14.6 Å². The van der Waals surface area contributed by atoms with Crippen LogP contribution < -0.4 is 10.1 Å². The summed E-state index contributed by atoms with van der Waals surface area (Å²) in [6, 6.07) is 6.57. The van der Waals surface area contributed by atoms with Gasteiger partial charge in [-0.25, -0.2) is 4.79 Å². The smallest absolute Gasteiger partial charge is 0.335 e. The van der Waals surface area contributed by atoms with E-state index >= 15 is 0 Å². The third kappa shape index (κ3) is 3.96. The molecule has 0 aliphatic heterocycles. The Morgan fingerprint density at radius 1 is 1.53 bits per heavy atom. The summed E-state index contributed by atoms with van der Waals surface area (Å²) < 4.78 is 5.53. The molecule has 104 valence electrons. The number of carboxylic acid groups (broad SMARTS) is 1. The normalized spacial score (nSPS) is 20.0. The number of ether oxygens (including phenoxy) is 1. The van der Waals surface area contributed by atoms with Gasteiger partial charge in [0.1, 0.15) is 12.4 Å². The van der Waals surface area contributed by atoms with E-state index in [2.05, 4.69) is 19.2 Å². The Morgan fingerprint density at radius 3 is 2.89 bits per heavy atom. The molecule has 1 unspecified atom stereocenters. The number of hydrogen-bond acceptors (Lipinski definition) is 3. The molecule has 1 aromatic carbocycles. The second-order valence-corrected chi connectivity index (χ2v) is 5.78. The highest BCUT2D eigenvalue weighted by Gasteiger charge is 2.44. The molecule has 0 saturated heterocycles. The molecule has 1 fully saturated rings. The van der Waals surface area contributed by atoms with E-state index in [9.17, 15) is 4.79 Å². The first kappa shape index (κ1) is 13.9. The fourth-order valence-electron chi connectivity index (χ4n) is 2.16. The molecular weight excluding hydrogens is 242 g/mol. The summed E-state index contributed by atoms with van der Waals surface area (Å²) in [4.78, 5) is 10.8. The lowest BCUT2D eigenvalue weighted by Crippen LogP contribution is -2.24. The van der Waals surface area contributed by atoms with E-state index in [1.54, 1.807) is 24.3 Å². The second-order valence-electron chi connectivity index (χ2n) is 5.78. The number of nitrogens with one attached hydrogen (secondary N) is 1. The summed E-state index contributed by atoms with van der Waals surface area (Å²) >= 11 is 0. The Morgan fingerprint density at radius 2 is 2.26 bits per heavy atom. The van der Waals surface area contributed by atoms with Crippen molar-refractivity contribution in [3.8, 4) is 5.75 Å². The van der Waals surface area contributed by atoms with E-state index in [-0.39, 0.29) is 5.56 Å². The van der Waals surface area contributed by atoms with E-state index in [0.717, 1.165) is 19.0 Å². The standard InChI is InChI=1S/C15H21NO3/c1-15(2)9-12(15)10-16-6-7-19-13-5-3-4-11(8-13)14(17)18/h3-5,8,12,16H,6-7,9-10H2,1-2H3,(H,17,18). The van der Waals surface area contributed by atoms with Crippen LogP contribution >= 0.6 is 0 Å². The number of benzene rings is 1. The maximum atomic E-state index is 10.8. The van der Waals surface area contributed by atoms with Gasteiger partial charge in [-0.05, 0) is 42.5 Å². The van der Waals surface area contributed by atoms with Crippen LogP contribution in [0.25, 0.3) is 0 Å².